The first-order valence-corrected chi connectivity index (χ1v) is 5.06. The summed E-state index contributed by atoms with van der Waals surface area (Å²) in [5, 5.41) is 9.89. The third-order valence-corrected chi connectivity index (χ3v) is 1.62. The van der Waals surface area contributed by atoms with Crippen LogP contribution in [0.25, 0.3) is 0 Å². The Kier molecular flexibility index (Phi) is 7.59. The van der Waals surface area contributed by atoms with Crippen molar-refractivity contribution in [2.75, 3.05) is 27.7 Å². The van der Waals surface area contributed by atoms with Gasteiger partial charge in [-0.15, -0.1) is 11.6 Å². The molecule has 0 aromatic heterocycles. The van der Waals surface area contributed by atoms with Gasteiger partial charge in [0.2, 0.25) is 0 Å². The first kappa shape index (κ1) is 17.4. The van der Waals surface area contributed by atoms with E-state index in [-0.39, 0.29) is 6.54 Å². The van der Waals surface area contributed by atoms with E-state index >= 15 is 0 Å². The second-order valence-electron chi connectivity index (χ2n) is 3.66. The molecule has 15 heavy (non-hydrogen) atoms. The Morgan fingerprint density at radius 3 is 1.73 bits per heavy atom. The summed E-state index contributed by atoms with van der Waals surface area (Å²) in [6.45, 7) is 0.0694. The van der Waals surface area contributed by atoms with Crippen LogP contribution in [0.3, 0.4) is 0 Å². The highest BCUT2D eigenvalue weighted by Crippen LogP contribution is 2.28. The molecule has 0 aliphatic rings. The third-order valence-electron chi connectivity index (χ3n) is 0.851. The lowest BCUT2D eigenvalue weighted by Gasteiger charge is -2.23. The first-order valence-electron chi connectivity index (χ1n) is 3.71. The average Bonchev–Trinajstić information content (AvgIpc) is 1.78. The van der Waals surface area contributed by atoms with Crippen molar-refractivity contribution >= 4 is 33.5 Å². The average molecular weight is 315 g/mol. The molecule has 3 nitrogen and oxygen atoms in total. The van der Waals surface area contributed by atoms with Gasteiger partial charge < -0.3 is 14.4 Å². The number of quaternary nitrogens is 1. The number of rotatable bonds is 2. The summed E-state index contributed by atoms with van der Waals surface area (Å²) in [7, 11) is 5.40. The lowest BCUT2D eigenvalue weighted by atomic mass is 10.5. The second kappa shape index (κ2) is 6.55. The van der Waals surface area contributed by atoms with Crippen molar-refractivity contribution in [3.8, 4) is 0 Å². The van der Waals surface area contributed by atoms with Crippen LogP contribution >= 0.6 is 27.5 Å². The molecule has 0 saturated carbocycles. The molecule has 0 rings (SSSR count). The van der Waals surface area contributed by atoms with Crippen LogP contribution in [0.5, 0.6) is 0 Å². The summed E-state index contributed by atoms with van der Waals surface area (Å²) >= 11 is 6.68. The normalized spacial score (nSPS) is 13.9. The lowest BCUT2D eigenvalue weighted by molar-refractivity contribution is -0.864. The van der Waals surface area contributed by atoms with E-state index in [4.69, 9.17) is 0 Å². The molecule has 0 spiro atoms. The maximum Gasteiger partial charge on any atom is 0.414 e. The smallest absolute Gasteiger partial charge is 0.414 e. The van der Waals surface area contributed by atoms with Crippen LogP contribution in [-0.2, 0) is 4.79 Å². The zero-order chi connectivity index (χ0) is 12.9. The van der Waals surface area contributed by atoms with E-state index in [9.17, 15) is 23.1 Å². The number of hydrogen-bond acceptors (Lipinski definition) is 2. The Balaban J connectivity index is 0. The van der Waals surface area contributed by atoms with E-state index in [0.717, 1.165) is 0 Å². The number of carbonyl (C=O) groups excluding carboxylic acids is 1. The van der Waals surface area contributed by atoms with E-state index in [2.05, 4.69) is 27.5 Å². The number of halogens is 5. The maximum atomic E-state index is 11.0. The number of carboxylic acids is 1. The van der Waals surface area contributed by atoms with E-state index in [0.29, 0.717) is 4.48 Å². The van der Waals surface area contributed by atoms with Gasteiger partial charge in [-0.25, -0.2) is 0 Å². The first-order chi connectivity index (χ1) is 6.36. The third kappa shape index (κ3) is 16.7. The molecule has 8 heteroatoms. The molecule has 0 aromatic carbocycles. The number of carboxylic acid groups (broad SMARTS) is 1. The summed E-state index contributed by atoms with van der Waals surface area (Å²) in [5.74, 6) is -1.00. The number of nitrogens with zero attached hydrogens (tertiary/aromatic N) is 1. The molecule has 0 aromatic rings. The minimum absolute atomic E-state index is 0.0694. The molecule has 0 aliphatic heterocycles. The van der Waals surface area contributed by atoms with Crippen LogP contribution in [0.4, 0.5) is 13.2 Å². The van der Waals surface area contributed by atoms with Crippen molar-refractivity contribution in [1.29, 1.82) is 0 Å². The van der Waals surface area contributed by atoms with Crippen LogP contribution in [0, 0.1) is 0 Å². The summed E-state index contributed by atoms with van der Waals surface area (Å²) in [6, 6.07) is 0. The van der Waals surface area contributed by atoms with Gasteiger partial charge in [-0.1, -0.05) is 15.9 Å². The number of alkyl halides is 5. The molecule has 0 aliphatic carbocycles. The molecular formula is C7H12BrClF3NO2. The van der Waals surface area contributed by atoms with Crippen LogP contribution in [0.2, 0.25) is 0 Å². The zero-order valence-electron chi connectivity index (χ0n) is 8.44. The fraction of sp³-hybridized carbons (Fsp3) is 0.857. The monoisotopic (exact) mass is 313 g/mol. The number of aliphatic carboxylic acids is 1. The van der Waals surface area contributed by atoms with Crippen molar-refractivity contribution in [2.45, 2.75) is 10.5 Å². The topological polar surface area (TPSA) is 40.1 Å². The van der Waals surface area contributed by atoms with Gasteiger partial charge in [0.15, 0.2) is 4.29 Å². The largest absolute Gasteiger partial charge is 0.544 e. The number of hydrogen-bond donors (Lipinski definition) is 0. The van der Waals surface area contributed by atoms with Gasteiger partial charge >= 0.3 is 6.18 Å². The minimum Gasteiger partial charge on any atom is -0.544 e. The number of likely N-dealkylation sites (N-methyl/N-ethyl adjacent to an activating group) is 1. The SMILES string of the molecule is C[N+](C)(C)CC(=O)[O-].FC(F)(F)C(Cl)Br. The van der Waals surface area contributed by atoms with Gasteiger partial charge in [-0.05, 0) is 0 Å². The molecular weight excluding hydrogens is 302 g/mol. The van der Waals surface area contributed by atoms with Crippen LogP contribution < -0.4 is 5.11 Å². The van der Waals surface area contributed by atoms with Crippen molar-refractivity contribution in [3.63, 3.8) is 0 Å². The maximum absolute atomic E-state index is 11.0. The van der Waals surface area contributed by atoms with E-state index in [1.807, 2.05) is 0 Å². The highest BCUT2D eigenvalue weighted by atomic mass is 79.9. The Labute approximate surface area is 99.5 Å². The Hall–Kier alpha value is -0.0100. The fourth-order valence-electron chi connectivity index (χ4n) is 0.387. The van der Waals surface area contributed by atoms with Gasteiger partial charge in [-0.2, -0.15) is 13.2 Å². The molecule has 0 amide bonds. The summed E-state index contributed by atoms with van der Waals surface area (Å²) < 4.78 is 31.5. The fourth-order valence-corrected chi connectivity index (χ4v) is 0.387. The predicted molar refractivity (Wildman–Crippen MR) is 52.5 cm³/mol. The molecule has 1 unspecified atom stereocenters. The van der Waals surface area contributed by atoms with Crippen LogP contribution in [0.15, 0.2) is 0 Å². The van der Waals surface area contributed by atoms with Gasteiger partial charge in [-0.3, -0.25) is 0 Å². The quantitative estimate of drug-likeness (QED) is 0.562. The minimum atomic E-state index is -4.32. The molecule has 0 fully saturated rings. The summed E-state index contributed by atoms with van der Waals surface area (Å²) in [6.07, 6.45) is -4.32. The summed E-state index contributed by atoms with van der Waals surface area (Å²) in [5.41, 5.74) is 0. The van der Waals surface area contributed by atoms with Crippen molar-refractivity contribution in [1.82, 2.24) is 0 Å². The van der Waals surface area contributed by atoms with E-state index in [1.165, 1.54) is 0 Å². The molecule has 92 valence electrons. The van der Waals surface area contributed by atoms with Gasteiger partial charge in [0.05, 0.1) is 27.1 Å². The molecule has 0 N–H and O–H groups in total. The molecule has 0 saturated heterocycles. The van der Waals surface area contributed by atoms with Crippen molar-refractivity contribution in [3.05, 3.63) is 0 Å². The predicted octanol–water partition coefficient (Wildman–Crippen LogP) is 0.951. The Bertz CT molecular complexity index is 203. The molecule has 1 atom stereocenters. The Morgan fingerprint density at radius 1 is 1.47 bits per heavy atom. The zero-order valence-corrected chi connectivity index (χ0v) is 10.8. The van der Waals surface area contributed by atoms with E-state index in [1.54, 1.807) is 21.1 Å². The number of carbonyl (C=O) groups is 1. The highest BCUT2D eigenvalue weighted by Gasteiger charge is 2.35. The van der Waals surface area contributed by atoms with Gasteiger partial charge in [0.1, 0.15) is 6.54 Å². The highest BCUT2D eigenvalue weighted by molar-refractivity contribution is 9.10. The standard InChI is InChI=1S/C5H11NO2.C2HBrClF3/c1-6(2,3)4-5(7)8;3-1(4)2(5,6)7/h4H2,1-3H3;1H. The Morgan fingerprint density at radius 2 is 1.73 bits per heavy atom. The molecule has 0 bridgehead atoms. The van der Waals surface area contributed by atoms with E-state index < -0.39 is 16.4 Å². The summed E-state index contributed by atoms with van der Waals surface area (Å²) in [4.78, 5) is 9.89. The van der Waals surface area contributed by atoms with Crippen LogP contribution in [0.1, 0.15) is 0 Å². The van der Waals surface area contributed by atoms with Crippen molar-refractivity contribution in [2.24, 2.45) is 0 Å². The molecule has 0 radical (unpaired) electrons. The van der Waals surface area contributed by atoms with Gasteiger partial charge in [0, 0.05) is 0 Å². The molecule has 0 heterocycles. The van der Waals surface area contributed by atoms with Crippen molar-refractivity contribution < 1.29 is 27.6 Å². The second-order valence-corrected chi connectivity index (χ2v) is 5.54. The van der Waals surface area contributed by atoms with Gasteiger partial charge in [0.25, 0.3) is 0 Å². The lowest BCUT2D eigenvalue weighted by Crippen LogP contribution is -2.45. The van der Waals surface area contributed by atoms with Crippen LogP contribution in [-0.4, -0.2) is 48.6 Å².